The molecule has 1 N–H and O–H groups in total. The Hall–Kier alpha value is -1.58. The van der Waals surface area contributed by atoms with Crippen molar-refractivity contribution in [3.05, 3.63) is 64.4 Å². The largest absolute Gasteiger partial charge is 0.489 e. The topological polar surface area (TPSA) is 21.3 Å². The lowest BCUT2D eigenvalue weighted by molar-refractivity contribution is -0.118. The molecule has 0 amide bonds. The van der Waals surface area contributed by atoms with Crippen LogP contribution in [0.15, 0.2) is 42.5 Å². The van der Waals surface area contributed by atoms with Crippen molar-refractivity contribution < 1.29 is 9.13 Å². The van der Waals surface area contributed by atoms with Crippen molar-refractivity contribution >= 4 is 11.6 Å². The molecule has 4 fully saturated rings. The highest BCUT2D eigenvalue weighted by atomic mass is 35.5. The van der Waals surface area contributed by atoms with Crippen LogP contribution in [-0.4, -0.2) is 5.54 Å². The highest BCUT2D eigenvalue weighted by molar-refractivity contribution is 6.31. The molecule has 0 spiro atoms. The van der Waals surface area contributed by atoms with Gasteiger partial charge in [-0.2, -0.15) is 0 Å². The van der Waals surface area contributed by atoms with Crippen molar-refractivity contribution in [3.63, 3.8) is 0 Å². The van der Waals surface area contributed by atoms with Crippen LogP contribution in [-0.2, 0) is 13.2 Å². The van der Waals surface area contributed by atoms with E-state index in [0.29, 0.717) is 21.4 Å². The van der Waals surface area contributed by atoms with Crippen LogP contribution in [0.25, 0.3) is 0 Å². The predicted octanol–water partition coefficient (Wildman–Crippen LogP) is 6.90. The number of rotatable bonds is 6. The minimum absolute atomic E-state index is 0.130. The van der Waals surface area contributed by atoms with Crippen molar-refractivity contribution in [1.29, 1.82) is 0 Å². The summed E-state index contributed by atoms with van der Waals surface area (Å²) in [5.74, 6) is 1.30. The summed E-state index contributed by atoms with van der Waals surface area (Å²) >= 11 is 6.12. The van der Waals surface area contributed by atoms with Gasteiger partial charge in [-0.25, -0.2) is 4.39 Å². The van der Waals surface area contributed by atoms with Crippen molar-refractivity contribution in [3.8, 4) is 5.75 Å². The van der Waals surface area contributed by atoms with E-state index < -0.39 is 0 Å². The molecule has 4 saturated carbocycles. The van der Waals surface area contributed by atoms with Gasteiger partial charge in [0.2, 0.25) is 0 Å². The third-order valence-corrected chi connectivity index (χ3v) is 7.99. The van der Waals surface area contributed by atoms with E-state index in [0.717, 1.165) is 18.2 Å². The average molecular weight is 428 g/mol. The molecular formula is C26H31ClFNO. The van der Waals surface area contributed by atoms with Gasteiger partial charge >= 0.3 is 0 Å². The normalized spacial score (nSPS) is 34.3. The summed E-state index contributed by atoms with van der Waals surface area (Å²) < 4.78 is 19.9. The molecule has 4 heteroatoms. The Morgan fingerprint density at radius 3 is 2.47 bits per heavy atom. The fourth-order valence-electron chi connectivity index (χ4n) is 7.51. The number of nitrogens with one attached hydrogen (secondary N) is 1. The third-order valence-electron chi connectivity index (χ3n) is 7.64. The lowest BCUT2D eigenvalue weighted by Crippen LogP contribution is -2.63. The first kappa shape index (κ1) is 20.3. The first-order valence-corrected chi connectivity index (χ1v) is 11.5. The minimum Gasteiger partial charge on any atom is -0.489 e. The Kier molecular flexibility index (Phi) is 4.91. The second-order valence-electron chi connectivity index (χ2n) is 10.9. The quantitative estimate of drug-likeness (QED) is 0.541. The molecule has 4 bridgehead atoms. The molecule has 2 aromatic carbocycles. The predicted molar refractivity (Wildman–Crippen MR) is 119 cm³/mol. The molecule has 2 unspecified atom stereocenters. The van der Waals surface area contributed by atoms with Gasteiger partial charge in [0.1, 0.15) is 18.2 Å². The van der Waals surface area contributed by atoms with Gasteiger partial charge in [-0.15, -0.1) is 0 Å². The maximum atomic E-state index is 14.0. The summed E-state index contributed by atoms with van der Waals surface area (Å²) in [6.07, 6.45) is 8.13. The number of hydrogen-bond acceptors (Lipinski definition) is 2. The van der Waals surface area contributed by atoms with Gasteiger partial charge in [0.05, 0.1) is 5.02 Å². The van der Waals surface area contributed by atoms with Gasteiger partial charge in [0, 0.05) is 17.6 Å². The van der Waals surface area contributed by atoms with Gasteiger partial charge in [-0.3, -0.25) is 0 Å². The molecule has 2 atom stereocenters. The monoisotopic (exact) mass is 427 g/mol. The zero-order chi connectivity index (χ0) is 21.0. The second-order valence-corrected chi connectivity index (χ2v) is 11.3. The van der Waals surface area contributed by atoms with Crippen LogP contribution in [0, 0.1) is 22.6 Å². The number of hydrogen-bond donors (Lipinski definition) is 1. The van der Waals surface area contributed by atoms with Gasteiger partial charge in [-0.05, 0) is 85.1 Å². The van der Waals surface area contributed by atoms with Gasteiger partial charge < -0.3 is 10.1 Å². The molecule has 2 nitrogen and oxygen atoms in total. The highest BCUT2D eigenvalue weighted by Crippen LogP contribution is 2.66. The molecule has 0 aromatic heterocycles. The van der Waals surface area contributed by atoms with E-state index in [4.69, 9.17) is 16.3 Å². The van der Waals surface area contributed by atoms with E-state index >= 15 is 0 Å². The van der Waals surface area contributed by atoms with Gasteiger partial charge in [0.15, 0.2) is 0 Å². The average Bonchev–Trinajstić information content (AvgIpc) is 2.64. The molecule has 160 valence electrons. The van der Waals surface area contributed by atoms with Crippen molar-refractivity contribution in [2.75, 3.05) is 0 Å². The van der Waals surface area contributed by atoms with Crippen molar-refractivity contribution in [2.24, 2.45) is 16.7 Å². The maximum absolute atomic E-state index is 14.0. The molecule has 0 aliphatic heterocycles. The number of benzene rings is 2. The van der Waals surface area contributed by atoms with E-state index in [1.807, 2.05) is 12.1 Å². The van der Waals surface area contributed by atoms with Crippen LogP contribution in [0.4, 0.5) is 4.39 Å². The first-order valence-electron chi connectivity index (χ1n) is 11.2. The first-order chi connectivity index (χ1) is 14.3. The molecule has 2 aromatic rings. The fraction of sp³-hybridized carbons (Fsp3) is 0.538. The standard InChI is InChI=1S/C26H31ClFNO/c1-24-10-19-11-25(2,15-24)17-26(12-19,16-24)29-13-18-5-3-6-20(9-18)30-14-21-22(27)7-4-8-23(21)28/h3-9,19,29H,10-17H2,1-2H3. The fourth-order valence-corrected chi connectivity index (χ4v) is 7.72. The molecule has 0 saturated heterocycles. The number of ether oxygens (including phenoxy) is 1. The Morgan fingerprint density at radius 1 is 1.03 bits per heavy atom. The van der Waals surface area contributed by atoms with Crippen LogP contribution in [0.2, 0.25) is 5.02 Å². The van der Waals surface area contributed by atoms with Crippen LogP contribution in [0.5, 0.6) is 5.75 Å². The summed E-state index contributed by atoms with van der Waals surface area (Å²) in [5.41, 5.74) is 2.90. The van der Waals surface area contributed by atoms with E-state index in [2.05, 4.69) is 31.3 Å². The summed E-state index contributed by atoms with van der Waals surface area (Å²) in [6.45, 7) is 5.99. The third kappa shape index (κ3) is 3.87. The molecule has 0 radical (unpaired) electrons. The van der Waals surface area contributed by atoms with E-state index in [9.17, 15) is 4.39 Å². The molecule has 0 heterocycles. The van der Waals surface area contributed by atoms with Crippen LogP contribution in [0.3, 0.4) is 0 Å². The van der Waals surface area contributed by atoms with Crippen LogP contribution >= 0.6 is 11.6 Å². The second kappa shape index (κ2) is 7.24. The Balaban J connectivity index is 1.26. The lowest BCUT2D eigenvalue weighted by atomic mass is 9.43. The summed E-state index contributed by atoms with van der Waals surface area (Å²) in [4.78, 5) is 0. The van der Waals surface area contributed by atoms with E-state index in [1.165, 1.54) is 50.2 Å². The van der Waals surface area contributed by atoms with Crippen LogP contribution < -0.4 is 10.1 Å². The summed E-state index contributed by atoms with van der Waals surface area (Å²) in [5, 5.41) is 4.38. The van der Waals surface area contributed by atoms with Crippen molar-refractivity contribution in [1.82, 2.24) is 5.32 Å². The molecule has 4 aliphatic carbocycles. The number of halogens is 2. The zero-order valence-electron chi connectivity index (χ0n) is 17.9. The lowest BCUT2D eigenvalue weighted by Gasteiger charge is -2.65. The molecular weight excluding hydrogens is 397 g/mol. The molecule has 30 heavy (non-hydrogen) atoms. The van der Waals surface area contributed by atoms with Gasteiger partial charge in [0.25, 0.3) is 0 Å². The van der Waals surface area contributed by atoms with Crippen molar-refractivity contribution in [2.45, 2.75) is 71.1 Å². The smallest absolute Gasteiger partial charge is 0.131 e. The zero-order valence-corrected chi connectivity index (χ0v) is 18.7. The van der Waals surface area contributed by atoms with Gasteiger partial charge in [-0.1, -0.05) is 43.6 Å². The van der Waals surface area contributed by atoms with E-state index in [-0.39, 0.29) is 18.0 Å². The molecule has 4 aliphatic rings. The highest BCUT2D eigenvalue weighted by Gasteiger charge is 2.59. The van der Waals surface area contributed by atoms with Crippen LogP contribution in [0.1, 0.15) is 63.5 Å². The Morgan fingerprint density at radius 2 is 1.77 bits per heavy atom. The Labute approximate surface area is 184 Å². The summed E-state index contributed by atoms with van der Waals surface area (Å²) in [6, 6.07) is 12.8. The molecule has 6 rings (SSSR count). The maximum Gasteiger partial charge on any atom is 0.131 e. The SMILES string of the molecule is CC12CC3CC(C)(C1)CC(NCc1cccc(OCc4c(F)cccc4Cl)c1)(C3)C2. The minimum atomic E-state index is -0.330. The van der Waals surface area contributed by atoms with E-state index in [1.54, 1.807) is 12.1 Å². The Bertz CT molecular complexity index is 922. The summed E-state index contributed by atoms with van der Waals surface area (Å²) in [7, 11) is 0.